The van der Waals surface area contributed by atoms with E-state index in [-0.39, 0.29) is 11.3 Å². The van der Waals surface area contributed by atoms with Crippen molar-refractivity contribution in [2.45, 2.75) is 6.92 Å². The van der Waals surface area contributed by atoms with Crippen molar-refractivity contribution < 1.29 is 4.92 Å². The van der Waals surface area contributed by atoms with E-state index in [4.69, 9.17) is 5.26 Å². The number of hydrogen-bond acceptors (Lipinski definition) is 5. The molecule has 6 nitrogen and oxygen atoms in total. The van der Waals surface area contributed by atoms with Gasteiger partial charge in [-0.05, 0) is 6.92 Å². The summed E-state index contributed by atoms with van der Waals surface area (Å²) in [5.74, 6) is 5.72. The van der Waals surface area contributed by atoms with E-state index in [2.05, 4.69) is 22.1 Å². The van der Waals surface area contributed by atoms with Crippen molar-refractivity contribution in [1.82, 2.24) is 4.98 Å². The summed E-state index contributed by atoms with van der Waals surface area (Å²) in [6.07, 6.45) is 1.10. The molecule has 0 radical (unpaired) electrons. The Bertz CT molecular complexity index is 508. The van der Waals surface area contributed by atoms with Gasteiger partial charge < -0.3 is 5.32 Å². The molecule has 0 atom stereocenters. The third-order valence-electron chi connectivity index (χ3n) is 1.73. The Labute approximate surface area is 92.1 Å². The van der Waals surface area contributed by atoms with Gasteiger partial charge in [0.25, 0.3) is 5.69 Å². The molecule has 0 bridgehead atoms. The highest BCUT2D eigenvalue weighted by atomic mass is 16.6. The first-order valence-corrected chi connectivity index (χ1v) is 4.37. The van der Waals surface area contributed by atoms with Gasteiger partial charge in [0.2, 0.25) is 0 Å². The second-order valence-electron chi connectivity index (χ2n) is 2.74. The van der Waals surface area contributed by atoms with Crippen LogP contribution in [0.3, 0.4) is 0 Å². The molecule has 1 aromatic rings. The first-order valence-electron chi connectivity index (χ1n) is 4.37. The van der Waals surface area contributed by atoms with E-state index in [0.29, 0.717) is 12.4 Å². The predicted octanol–water partition coefficient (Wildman–Crippen LogP) is 1.30. The van der Waals surface area contributed by atoms with Crippen LogP contribution in [-0.2, 0) is 0 Å². The van der Waals surface area contributed by atoms with Crippen molar-refractivity contribution in [3.8, 4) is 17.9 Å². The molecule has 1 heterocycles. The molecular weight excluding hydrogens is 208 g/mol. The number of hydrogen-bond donors (Lipinski definition) is 1. The normalized spacial score (nSPS) is 8.50. The molecule has 80 valence electrons. The molecule has 0 aromatic carbocycles. The summed E-state index contributed by atoms with van der Waals surface area (Å²) in [6, 6.07) is 3.02. The highest BCUT2D eigenvalue weighted by molar-refractivity contribution is 5.55. The van der Waals surface area contributed by atoms with Gasteiger partial charge in [0, 0.05) is 6.07 Å². The quantitative estimate of drug-likeness (QED) is 0.467. The van der Waals surface area contributed by atoms with Crippen LogP contribution in [-0.4, -0.2) is 16.5 Å². The van der Waals surface area contributed by atoms with Gasteiger partial charge in [0.05, 0.1) is 11.5 Å². The number of nitro groups is 1. The molecule has 0 spiro atoms. The lowest BCUT2D eigenvalue weighted by Gasteiger charge is -2.02. The van der Waals surface area contributed by atoms with Crippen LogP contribution in [0.15, 0.2) is 12.3 Å². The van der Waals surface area contributed by atoms with Crippen LogP contribution in [0.25, 0.3) is 0 Å². The fraction of sp³-hybridized carbons (Fsp3) is 0.200. The van der Waals surface area contributed by atoms with Crippen molar-refractivity contribution >= 4 is 11.5 Å². The Morgan fingerprint density at radius 3 is 3.00 bits per heavy atom. The minimum absolute atomic E-state index is 0.132. The lowest BCUT2D eigenvalue weighted by Crippen LogP contribution is -2.04. The number of anilines is 1. The van der Waals surface area contributed by atoms with Crippen molar-refractivity contribution in [2.75, 3.05) is 11.9 Å². The first-order chi connectivity index (χ1) is 7.69. The van der Waals surface area contributed by atoms with E-state index in [1.54, 1.807) is 6.92 Å². The molecule has 1 N–H and O–H groups in total. The Kier molecular flexibility index (Phi) is 3.82. The van der Waals surface area contributed by atoms with Gasteiger partial charge in [0.15, 0.2) is 0 Å². The van der Waals surface area contributed by atoms with Gasteiger partial charge in [0.1, 0.15) is 23.6 Å². The fourth-order valence-electron chi connectivity index (χ4n) is 0.996. The molecule has 0 aliphatic heterocycles. The minimum atomic E-state index is -0.594. The van der Waals surface area contributed by atoms with Crippen LogP contribution in [0.1, 0.15) is 12.5 Å². The Morgan fingerprint density at radius 1 is 1.69 bits per heavy atom. The van der Waals surface area contributed by atoms with Crippen LogP contribution in [0.2, 0.25) is 0 Å². The Morgan fingerprint density at radius 2 is 2.44 bits per heavy atom. The number of aromatic nitrogens is 1. The van der Waals surface area contributed by atoms with Crippen molar-refractivity contribution in [1.29, 1.82) is 5.26 Å². The summed E-state index contributed by atoms with van der Waals surface area (Å²) in [4.78, 5) is 13.7. The zero-order valence-corrected chi connectivity index (χ0v) is 8.52. The lowest BCUT2D eigenvalue weighted by atomic mass is 10.2. The van der Waals surface area contributed by atoms with Gasteiger partial charge in [-0.25, -0.2) is 4.98 Å². The molecule has 0 amide bonds. The molecule has 0 saturated carbocycles. The molecule has 0 fully saturated rings. The highest BCUT2D eigenvalue weighted by Crippen LogP contribution is 2.17. The van der Waals surface area contributed by atoms with E-state index < -0.39 is 4.92 Å². The second-order valence-corrected chi connectivity index (χ2v) is 2.74. The Balaban J connectivity index is 2.97. The van der Waals surface area contributed by atoms with Crippen LogP contribution >= 0.6 is 0 Å². The third-order valence-corrected chi connectivity index (χ3v) is 1.73. The Hall–Kier alpha value is -2.60. The first kappa shape index (κ1) is 11.5. The van der Waals surface area contributed by atoms with Crippen molar-refractivity contribution in [3.05, 3.63) is 27.9 Å². The molecule has 0 aliphatic carbocycles. The molecule has 0 unspecified atom stereocenters. The summed E-state index contributed by atoms with van der Waals surface area (Å²) in [5, 5.41) is 22.0. The van der Waals surface area contributed by atoms with Gasteiger partial charge >= 0.3 is 0 Å². The zero-order valence-electron chi connectivity index (χ0n) is 8.52. The van der Waals surface area contributed by atoms with Gasteiger partial charge in [-0.1, -0.05) is 5.92 Å². The average molecular weight is 216 g/mol. The predicted molar refractivity (Wildman–Crippen MR) is 57.5 cm³/mol. The molecule has 6 heteroatoms. The number of rotatable bonds is 3. The molecule has 1 aromatic heterocycles. The van der Waals surface area contributed by atoms with Crippen LogP contribution in [0.5, 0.6) is 0 Å². The maximum absolute atomic E-state index is 10.5. The molecule has 16 heavy (non-hydrogen) atoms. The van der Waals surface area contributed by atoms with Crippen molar-refractivity contribution in [3.63, 3.8) is 0 Å². The van der Waals surface area contributed by atoms with Crippen LogP contribution in [0, 0.1) is 33.3 Å². The van der Waals surface area contributed by atoms with Gasteiger partial charge in [-0.3, -0.25) is 10.1 Å². The maximum atomic E-state index is 10.5. The summed E-state index contributed by atoms with van der Waals surface area (Å²) in [6.45, 7) is 2.03. The number of nitriles is 1. The average Bonchev–Trinajstić information content (AvgIpc) is 2.29. The van der Waals surface area contributed by atoms with E-state index in [9.17, 15) is 10.1 Å². The lowest BCUT2D eigenvalue weighted by molar-refractivity contribution is -0.385. The van der Waals surface area contributed by atoms with Crippen LogP contribution < -0.4 is 5.32 Å². The van der Waals surface area contributed by atoms with E-state index in [1.807, 2.05) is 6.07 Å². The SMILES string of the molecule is CC#CCNc1ncc([N+](=O)[O-])cc1C#N. The van der Waals surface area contributed by atoms with Crippen molar-refractivity contribution in [2.24, 2.45) is 0 Å². The van der Waals surface area contributed by atoms with Gasteiger partial charge in [-0.15, -0.1) is 5.92 Å². The zero-order chi connectivity index (χ0) is 12.0. The topological polar surface area (TPSA) is 91.8 Å². The summed E-state index contributed by atoms with van der Waals surface area (Å²) >= 11 is 0. The summed E-state index contributed by atoms with van der Waals surface area (Å²) in [7, 11) is 0. The number of nitrogens with zero attached hydrogens (tertiary/aromatic N) is 3. The van der Waals surface area contributed by atoms with E-state index in [1.165, 1.54) is 6.07 Å². The molecule has 0 saturated heterocycles. The highest BCUT2D eigenvalue weighted by Gasteiger charge is 2.11. The summed E-state index contributed by atoms with van der Waals surface area (Å²) < 4.78 is 0. The molecule has 1 rings (SSSR count). The molecule has 0 aliphatic rings. The molecular formula is C10H8N4O2. The maximum Gasteiger partial charge on any atom is 0.289 e. The standard InChI is InChI=1S/C10H8N4O2/c1-2-3-4-12-10-8(6-11)5-9(7-13-10)14(15)16/h5,7H,4H2,1H3,(H,12,13). The van der Waals surface area contributed by atoms with E-state index >= 15 is 0 Å². The minimum Gasteiger partial charge on any atom is -0.358 e. The van der Waals surface area contributed by atoms with Gasteiger partial charge in [-0.2, -0.15) is 5.26 Å². The monoisotopic (exact) mass is 216 g/mol. The third kappa shape index (κ3) is 2.69. The smallest absolute Gasteiger partial charge is 0.289 e. The fourth-order valence-corrected chi connectivity index (χ4v) is 0.996. The largest absolute Gasteiger partial charge is 0.358 e. The van der Waals surface area contributed by atoms with Crippen LogP contribution in [0.4, 0.5) is 11.5 Å². The van der Waals surface area contributed by atoms with E-state index in [0.717, 1.165) is 6.20 Å². The second kappa shape index (κ2) is 5.32. The number of nitrogens with one attached hydrogen (secondary N) is 1. The summed E-state index contributed by atoms with van der Waals surface area (Å²) in [5.41, 5.74) is -0.0734. The number of pyridine rings is 1.